The van der Waals surface area contributed by atoms with Gasteiger partial charge >= 0.3 is 5.97 Å². The van der Waals surface area contributed by atoms with Crippen LogP contribution in [0.1, 0.15) is 55.5 Å². The van der Waals surface area contributed by atoms with Crippen LogP contribution in [0, 0.1) is 5.82 Å². The zero-order chi connectivity index (χ0) is 26.6. The number of hydrogen-bond acceptors (Lipinski definition) is 7. The molecule has 0 amide bonds. The lowest BCUT2D eigenvalue weighted by Gasteiger charge is -2.29. The van der Waals surface area contributed by atoms with E-state index in [4.69, 9.17) is 10.8 Å². The number of hydrogen-bond donors (Lipinski definition) is 3. The molecule has 0 fully saturated rings. The summed E-state index contributed by atoms with van der Waals surface area (Å²) in [5, 5.41) is 11.6. The molecule has 0 radical (unpaired) electrons. The molecule has 0 aliphatic rings. The van der Waals surface area contributed by atoms with Crippen LogP contribution in [0.2, 0.25) is 0 Å². The van der Waals surface area contributed by atoms with Crippen molar-refractivity contribution >= 4 is 33.0 Å². The van der Waals surface area contributed by atoms with Gasteiger partial charge < -0.3 is 16.2 Å². The van der Waals surface area contributed by atoms with Crippen molar-refractivity contribution in [2.24, 2.45) is 5.73 Å². The zero-order valence-corrected chi connectivity index (χ0v) is 22.3. The van der Waals surface area contributed by atoms with Gasteiger partial charge in [0.1, 0.15) is 18.2 Å². The second kappa shape index (κ2) is 11.1. The van der Waals surface area contributed by atoms with Gasteiger partial charge in [-0.1, -0.05) is 39.7 Å². The third kappa shape index (κ3) is 6.11. The number of nitrogens with zero attached hydrogens (tertiary/aromatic N) is 1. The SMILES string of the molecule is CCCCC(C)(C)c1ccc(CC(N)(c2cccc(NCC(=O)O)n2)S(=O)(=O)c2ccc(F)cc2)s1. The first-order valence-corrected chi connectivity index (χ1v) is 14.0. The number of pyridine rings is 1. The van der Waals surface area contributed by atoms with Crippen LogP contribution in [0.15, 0.2) is 59.5 Å². The third-order valence-corrected chi connectivity index (χ3v) is 9.78. The van der Waals surface area contributed by atoms with Crippen molar-refractivity contribution in [3.05, 3.63) is 75.9 Å². The molecule has 0 saturated heterocycles. The summed E-state index contributed by atoms with van der Waals surface area (Å²) in [5.41, 5.74) is 6.73. The number of anilines is 1. The zero-order valence-electron chi connectivity index (χ0n) is 20.6. The van der Waals surface area contributed by atoms with Gasteiger partial charge in [0.05, 0.1) is 10.6 Å². The number of halogens is 1. The Morgan fingerprint density at radius 1 is 1.14 bits per heavy atom. The summed E-state index contributed by atoms with van der Waals surface area (Å²) in [7, 11) is -4.25. The molecule has 0 aliphatic carbocycles. The number of benzene rings is 1. The van der Waals surface area contributed by atoms with Gasteiger partial charge in [-0.25, -0.2) is 17.8 Å². The fourth-order valence-electron chi connectivity index (χ4n) is 3.92. The van der Waals surface area contributed by atoms with Gasteiger partial charge in [0.15, 0.2) is 4.87 Å². The first-order chi connectivity index (χ1) is 16.9. The van der Waals surface area contributed by atoms with Gasteiger partial charge in [-0.3, -0.25) is 4.79 Å². The summed E-state index contributed by atoms with van der Waals surface area (Å²) >= 11 is 1.52. The van der Waals surface area contributed by atoms with Gasteiger partial charge in [-0.2, -0.15) is 0 Å². The molecule has 0 aliphatic heterocycles. The van der Waals surface area contributed by atoms with Gasteiger partial charge in [0.25, 0.3) is 0 Å². The maximum Gasteiger partial charge on any atom is 0.322 e. The highest BCUT2D eigenvalue weighted by Gasteiger charge is 2.45. The molecule has 2 aromatic heterocycles. The summed E-state index contributed by atoms with van der Waals surface area (Å²) in [6, 6.07) is 13.0. The minimum Gasteiger partial charge on any atom is -0.480 e. The average Bonchev–Trinajstić information content (AvgIpc) is 3.31. The number of nitrogens with two attached hydrogens (primary N) is 1. The van der Waals surface area contributed by atoms with E-state index in [9.17, 15) is 17.6 Å². The Balaban J connectivity index is 2.07. The Bertz CT molecular complexity index is 1310. The number of aromatic nitrogens is 1. The summed E-state index contributed by atoms with van der Waals surface area (Å²) in [4.78, 5) is 15.1. The standard InChI is InChI=1S/C26H32FN3O4S2/c1-4-5-15-25(2,3)22-14-11-19(35-22)16-26(28,36(33,34)20-12-9-18(27)10-13-20)21-7-6-8-23(30-21)29-17-24(31)32/h6-14H,4-5,15-17,28H2,1-3H3,(H,29,30)(H,31,32). The Kier molecular flexibility index (Phi) is 8.53. The second-order valence-electron chi connectivity index (χ2n) is 9.43. The number of aliphatic carboxylic acids is 1. The third-order valence-electron chi connectivity index (χ3n) is 6.13. The normalized spacial score (nSPS) is 13.8. The number of carboxylic acids is 1. The lowest BCUT2D eigenvalue weighted by molar-refractivity contribution is -0.134. The molecule has 1 unspecified atom stereocenters. The van der Waals surface area contributed by atoms with Crippen LogP contribution in [-0.4, -0.2) is 31.0 Å². The second-order valence-corrected chi connectivity index (χ2v) is 12.8. The number of thiophene rings is 1. The molecule has 4 N–H and O–H groups in total. The molecule has 0 bridgehead atoms. The van der Waals surface area contributed by atoms with E-state index in [1.165, 1.54) is 35.6 Å². The van der Waals surface area contributed by atoms with Crippen LogP contribution >= 0.6 is 11.3 Å². The largest absolute Gasteiger partial charge is 0.480 e. The molecule has 194 valence electrons. The first-order valence-electron chi connectivity index (χ1n) is 11.7. The van der Waals surface area contributed by atoms with E-state index in [0.717, 1.165) is 41.1 Å². The quantitative estimate of drug-likeness (QED) is 0.278. The highest BCUT2D eigenvalue weighted by molar-refractivity contribution is 7.92. The molecule has 10 heteroatoms. The van der Waals surface area contributed by atoms with Crippen molar-refractivity contribution < 1.29 is 22.7 Å². The van der Waals surface area contributed by atoms with Gasteiger partial charge in [0, 0.05) is 16.2 Å². The van der Waals surface area contributed by atoms with Gasteiger partial charge in [0.2, 0.25) is 9.84 Å². The van der Waals surface area contributed by atoms with E-state index in [-0.39, 0.29) is 34.8 Å². The van der Waals surface area contributed by atoms with Crippen molar-refractivity contribution in [3.63, 3.8) is 0 Å². The van der Waals surface area contributed by atoms with Crippen LogP contribution in [0.4, 0.5) is 10.2 Å². The maximum absolute atomic E-state index is 13.9. The predicted octanol–water partition coefficient (Wildman–Crippen LogP) is 5.07. The number of sulfone groups is 1. The number of carboxylic acid groups (broad SMARTS) is 1. The smallest absolute Gasteiger partial charge is 0.322 e. The Hall–Kier alpha value is -2.82. The van der Waals surface area contributed by atoms with Crippen molar-refractivity contribution in [1.82, 2.24) is 4.98 Å². The van der Waals surface area contributed by atoms with Crippen LogP contribution in [-0.2, 0) is 31.3 Å². The number of carbonyl (C=O) groups is 1. The summed E-state index contributed by atoms with van der Waals surface area (Å²) in [6.45, 7) is 6.09. The van der Waals surface area contributed by atoms with Crippen LogP contribution in [0.5, 0.6) is 0 Å². The lowest BCUT2D eigenvalue weighted by Crippen LogP contribution is -2.47. The Labute approximate surface area is 215 Å². The molecule has 2 heterocycles. The summed E-state index contributed by atoms with van der Waals surface area (Å²) in [6.07, 6.45) is 3.11. The molecular formula is C26H32FN3O4S2. The van der Waals surface area contributed by atoms with Crippen molar-refractivity contribution in [1.29, 1.82) is 0 Å². The van der Waals surface area contributed by atoms with E-state index in [1.807, 2.05) is 12.1 Å². The highest BCUT2D eigenvalue weighted by atomic mass is 32.2. The summed E-state index contributed by atoms with van der Waals surface area (Å²) < 4.78 is 41.3. The Morgan fingerprint density at radius 2 is 1.83 bits per heavy atom. The molecule has 7 nitrogen and oxygen atoms in total. The predicted molar refractivity (Wildman–Crippen MR) is 140 cm³/mol. The average molecular weight is 534 g/mol. The minimum atomic E-state index is -4.25. The summed E-state index contributed by atoms with van der Waals surface area (Å²) in [5.74, 6) is -1.46. The van der Waals surface area contributed by atoms with E-state index < -0.39 is 26.5 Å². The first kappa shape index (κ1) is 27.8. The fraction of sp³-hybridized carbons (Fsp3) is 0.385. The minimum absolute atomic E-state index is 0.0578. The Morgan fingerprint density at radius 3 is 2.47 bits per heavy atom. The van der Waals surface area contributed by atoms with E-state index >= 15 is 0 Å². The molecule has 1 aromatic carbocycles. The highest BCUT2D eigenvalue weighted by Crippen LogP contribution is 2.39. The fourth-order valence-corrected chi connectivity index (χ4v) is 6.89. The molecule has 0 spiro atoms. The molecule has 1 atom stereocenters. The molecular weight excluding hydrogens is 501 g/mol. The van der Waals surface area contributed by atoms with Crippen molar-refractivity contribution in [2.75, 3.05) is 11.9 Å². The molecule has 0 saturated carbocycles. The topological polar surface area (TPSA) is 122 Å². The number of nitrogens with one attached hydrogen (secondary N) is 1. The molecule has 3 aromatic rings. The number of rotatable bonds is 12. The van der Waals surface area contributed by atoms with E-state index in [2.05, 4.69) is 31.1 Å². The number of unbranched alkanes of at least 4 members (excludes halogenated alkanes) is 1. The van der Waals surface area contributed by atoms with Gasteiger partial charge in [-0.05, 0) is 60.4 Å². The van der Waals surface area contributed by atoms with E-state index in [1.54, 1.807) is 6.07 Å². The van der Waals surface area contributed by atoms with Gasteiger partial charge in [-0.15, -0.1) is 11.3 Å². The van der Waals surface area contributed by atoms with Crippen LogP contribution in [0.3, 0.4) is 0 Å². The van der Waals surface area contributed by atoms with Crippen LogP contribution in [0.25, 0.3) is 0 Å². The maximum atomic E-state index is 13.9. The molecule has 3 rings (SSSR count). The lowest BCUT2D eigenvalue weighted by atomic mass is 9.86. The monoisotopic (exact) mass is 533 g/mol. The van der Waals surface area contributed by atoms with Crippen LogP contribution < -0.4 is 11.1 Å². The van der Waals surface area contributed by atoms with E-state index in [0.29, 0.717) is 0 Å². The van der Waals surface area contributed by atoms with Crippen molar-refractivity contribution in [3.8, 4) is 0 Å². The molecule has 36 heavy (non-hydrogen) atoms. The van der Waals surface area contributed by atoms with Crippen molar-refractivity contribution in [2.45, 2.75) is 61.6 Å².